The van der Waals surface area contributed by atoms with E-state index in [4.69, 9.17) is 4.74 Å². The first-order valence-corrected chi connectivity index (χ1v) is 7.81. The third-order valence-electron chi connectivity index (χ3n) is 4.21. The molecule has 104 valence electrons. The Bertz CT molecular complexity index is 260. The first-order valence-electron chi connectivity index (χ1n) is 7.81. The minimum Gasteiger partial charge on any atom is -0.374 e. The highest BCUT2D eigenvalue weighted by molar-refractivity contribution is 5.13. The Morgan fingerprint density at radius 3 is 2.56 bits per heavy atom. The zero-order chi connectivity index (χ0) is 12.8. The Kier molecular flexibility index (Phi) is 5.71. The quantitative estimate of drug-likeness (QED) is 0.753. The molecule has 1 saturated heterocycles. The summed E-state index contributed by atoms with van der Waals surface area (Å²) in [6.07, 6.45) is 12.3. The standard InChI is InChI=1S/C16H29NO/c1-13(2)17-12-15(11-16-9-6-10-18-16)14-7-4-3-5-8-14/h11,13-14,16-17H,3-10,12H2,1-2H3. The van der Waals surface area contributed by atoms with E-state index in [2.05, 4.69) is 25.2 Å². The van der Waals surface area contributed by atoms with Gasteiger partial charge in [-0.3, -0.25) is 0 Å². The number of hydrogen-bond donors (Lipinski definition) is 1. The molecule has 2 aliphatic rings. The molecular formula is C16H29NO. The summed E-state index contributed by atoms with van der Waals surface area (Å²) in [5.74, 6) is 0.814. The smallest absolute Gasteiger partial charge is 0.0759 e. The fourth-order valence-corrected chi connectivity index (χ4v) is 3.11. The fourth-order valence-electron chi connectivity index (χ4n) is 3.11. The first kappa shape index (κ1) is 14.1. The predicted octanol–water partition coefficient (Wildman–Crippen LogP) is 3.67. The highest BCUT2D eigenvalue weighted by atomic mass is 16.5. The van der Waals surface area contributed by atoms with Crippen LogP contribution in [0.4, 0.5) is 0 Å². The second kappa shape index (κ2) is 7.30. The van der Waals surface area contributed by atoms with E-state index in [0.717, 1.165) is 19.1 Å². The van der Waals surface area contributed by atoms with Crippen molar-refractivity contribution in [1.82, 2.24) is 5.32 Å². The molecular weight excluding hydrogens is 222 g/mol. The summed E-state index contributed by atoms with van der Waals surface area (Å²) in [5, 5.41) is 3.59. The number of rotatable bonds is 5. The minimum atomic E-state index is 0.399. The molecule has 2 nitrogen and oxygen atoms in total. The summed E-state index contributed by atoms with van der Waals surface area (Å²) in [6.45, 7) is 6.47. The molecule has 0 amide bonds. The maximum atomic E-state index is 5.78. The van der Waals surface area contributed by atoms with Crippen LogP contribution >= 0.6 is 0 Å². The van der Waals surface area contributed by atoms with Gasteiger partial charge >= 0.3 is 0 Å². The van der Waals surface area contributed by atoms with Crippen LogP contribution in [0.5, 0.6) is 0 Å². The van der Waals surface area contributed by atoms with Crippen molar-refractivity contribution in [2.24, 2.45) is 5.92 Å². The van der Waals surface area contributed by atoms with Gasteiger partial charge in [-0.15, -0.1) is 0 Å². The Morgan fingerprint density at radius 2 is 1.94 bits per heavy atom. The van der Waals surface area contributed by atoms with Crippen molar-refractivity contribution < 1.29 is 4.74 Å². The SMILES string of the molecule is CC(C)NCC(=CC1CCCO1)C1CCCCC1. The van der Waals surface area contributed by atoms with Gasteiger partial charge in [0.1, 0.15) is 0 Å². The molecule has 0 bridgehead atoms. The summed E-state index contributed by atoms with van der Waals surface area (Å²) >= 11 is 0. The van der Waals surface area contributed by atoms with Gasteiger partial charge in [0, 0.05) is 19.2 Å². The molecule has 0 radical (unpaired) electrons. The van der Waals surface area contributed by atoms with Crippen molar-refractivity contribution in [1.29, 1.82) is 0 Å². The number of hydrogen-bond acceptors (Lipinski definition) is 2. The maximum Gasteiger partial charge on any atom is 0.0759 e. The van der Waals surface area contributed by atoms with Crippen LogP contribution in [0.2, 0.25) is 0 Å². The molecule has 18 heavy (non-hydrogen) atoms. The zero-order valence-electron chi connectivity index (χ0n) is 12.1. The second-order valence-corrected chi connectivity index (χ2v) is 6.16. The van der Waals surface area contributed by atoms with E-state index >= 15 is 0 Å². The molecule has 1 unspecified atom stereocenters. The molecule has 1 saturated carbocycles. The van der Waals surface area contributed by atoms with Crippen LogP contribution in [0.15, 0.2) is 11.6 Å². The van der Waals surface area contributed by atoms with E-state index in [0.29, 0.717) is 12.1 Å². The predicted molar refractivity (Wildman–Crippen MR) is 76.8 cm³/mol. The molecule has 2 heteroatoms. The van der Waals surface area contributed by atoms with Gasteiger partial charge in [-0.05, 0) is 31.6 Å². The molecule has 2 rings (SSSR count). The van der Waals surface area contributed by atoms with Gasteiger partial charge in [0.25, 0.3) is 0 Å². The monoisotopic (exact) mass is 251 g/mol. The lowest BCUT2D eigenvalue weighted by Gasteiger charge is -2.26. The van der Waals surface area contributed by atoms with Crippen LogP contribution in [0.3, 0.4) is 0 Å². The molecule has 0 aromatic carbocycles. The van der Waals surface area contributed by atoms with Gasteiger partial charge in [0.2, 0.25) is 0 Å². The largest absolute Gasteiger partial charge is 0.374 e. The van der Waals surface area contributed by atoms with Crippen LogP contribution in [-0.4, -0.2) is 25.3 Å². The van der Waals surface area contributed by atoms with Crippen LogP contribution in [0, 0.1) is 5.92 Å². The lowest BCUT2D eigenvalue weighted by atomic mass is 9.83. The summed E-state index contributed by atoms with van der Waals surface area (Å²) < 4.78 is 5.78. The third kappa shape index (κ3) is 4.40. The van der Waals surface area contributed by atoms with Gasteiger partial charge in [0.15, 0.2) is 0 Å². The lowest BCUT2D eigenvalue weighted by Crippen LogP contribution is -2.28. The molecule has 1 N–H and O–H groups in total. The molecule has 0 spiro atoms. The van der Waals surface area contributed by atoms with Crippen LogP contribution in [-0.2, 0) is 4.74 Å². The second-order valence-electron chi connectivity index (χ2n) is 6.16. The third-order valence-corrected chi connectivity index (χ3v) is 4.21. The van der Waals surface area contributed by atoms with E-state index in [1.165, 1.54) is 44.9 Å². The van der Waals surface area contributed by atoms with Crippen molar-refractivity contribution >= 4 is 0 Å². The van der Waals surface area contributed by atoms with Crippen LogP contribution in [0.1, 0.15) is 58.8 Å². The highest BCUT2D eigenvalue weighted by Gasteiger charge is 2.21. The molecule has 0 aromatic rings. The van der Waals surface area contributed by atoms with Gasteiger partial charge in [-0.1, -0.05) is 44.8 Å². The molecule has 1 aliphatic carbocycles. The maximum absolute atomic E-state index is 5.78. The summed E-state index contributed by atoms with van der Waals surface area (Å²) in [5.41, 5.74) is 1.62. The Hall–Kier alpha value is -0.340. The van der Waals surface area contributed by atoms with Gasteiger partial charge in [-0.25, -0.2) is 0 Å². The summed E-state index contributed by atoms with van der Waals surface area (Å²) in [6, 6.07) is 0.571. The van der Waals surface area contributed by atoms with E-state index in [1.807, 2.05) is 0 Å². The topological polar surface area (TPSA) is 21.3 Å². The average molecular weight is 251 g/mol. The Balaban J connectivity index is 1.95. The number of ether oxygens (including phenoxy) is 1. The van der Waals surface area contributed by atoms with Crippen molar-refractivity contribution in [3.63, 3.8) is 0 Å². The molecule has 1 aliphatic heterocycles. The van der Waals surface area contributed by atoms with Crippen molar-refractivity contribution in [3.05, 3.63) is 11.6 Å². The summed E-state index contributed by atoms with van der Waals surface area (Å²) in [7, 11) is 0. The van der Waals surface area contributed by atoms with Crippen molar-refractivity contribution in [2.45, 2.75) is 70.9 Å². The molecule has 0 aromatic heterocycles. The molecule has 1 heterocycles. The van der Waals surface area contributed by atoms with E-state index in [1.54, 1.807) is 5.57 Å². The van der Waals surface area contributed by atoms with E-state index < -0.39 is 0 Å². The van der Waals surface area contributed by atoms with Gasteiger partial charge in [-0.2, -0.15) is 0 Å². The molecule has 2 fully saturated rings. The highest BCUT2D eigenvalue weighted by Crippen LogP contribution is 2.30. The van der Waals surface area contributed by atoms with Crippen LogP contribution < -0.4 is 5.32 Å². The summed E-state index contributed by atoms with van der Waals surface area (Å²) in [4.78, 5) is 0. The Morgan fingerprint density at radius 1 is 1.17 bits per heavy atom. The normalized spacial score (nSPS) is 27.1. The molecule has 1 atom stereocenters. The fraction of sp³-hybridized carbons (Fsp3) is 0.875. The van der Waals surface area contributed by atoms with E-state index in [-0.39, 0.29) is 0 Å². The van der Waals surface area contributed by atoms with Crippen molar-refractivity contribution in [3.8, 4) is 0 Å². The lowest BCUT2D eigenvalue weighted by molar-refractivity contribution is 0.144. The van der Waals surface area contributed by atoms with Crippen molar-refractivity contribution in [2.75, 3.05) is 13.2 Å². The zero-order valence-corrected chi connectivity index (χ0v) is 12.1. The minimum absolute atomic E-state index is 0.399. The van der Waals surface area contributed by atoms with E-state index in [9.17, 15) is 0 Å². The van der Waals surface area contributed by atoms with Crippen LogP contribution in [0.25, 0.3) is 0 Å². The number of nitrogens with one attached hydrogen (secondary N) is 1. The van der Waals surface area contributed by atoms with Gasteiger partial charge < -0.3 is 10.1 Å². The average Bonchev–Trinajstić information content (AvgIpc) is 2.88. The van der Waals surface area contributed by atoms with Gasteiger partial charge in [0.05, 0.1) is 6.10 Å². The first-order chi connectivity index (χ1) is 8.75. The Labute approximate surface area is 112 Å².